The van der Waals surface area contributed by atoms with Gasteiger partial charge in [-0.3, -0.25) is 9.36 Å². The first-order chi connectivity index (χ1) is 18.6. The highest BCUT2D eigenvalue weighted by molar-refractivity contribution is 7.99. The van der Waals surface area contributed by atoms with Gasteiger partial charge in [-0.1, -0.05) is 30.0 Å². The zero-order valence-corrected chi connectivity index (χ0v) is 21.6. The van der Waals surface area contributed by atoms with Crippen molar-refractivity contribution in [1.29, 1.82) is 0 Å². The number of hydrogen-bond donors (Lipinski definition) is 2. The Morgan fingerprint density at radius 1 is 1.00 bits per heavy atom. The molecule has 0 saturated heterocycles. The number of aromatic amines is 1. The number of rotatable bonds is 9. The normalized spacial score (nSPS) is 10.9. The summed E-state index contributed by atoms with van der Waals surface area (Å²) in [6, 6.07) is 22.2. The predicted octanol–water partition coefficient (Wildman–Crippen LogP) is 5.33. The minimum Gasteiger partial charge on any atom is -0.494 e. The first-order valence-corrected chi connectivity index (χ1v) is 12.9. The molecule has 5 rings (SSSR count). The second kappa shape index (κ2) is 11.2. The third-order valence-electron chi connectivity index (χ3n) is 5.79. The standard InChI is InChI=1S/C28H25N5O4S/c1-3-37-21-14-12-20(13-15-21)33-26(23-16-29-24-7-5-4-6-22(23)24)31-32-28(33)38-17-25(34)30-19-10-8-18(9-11-19)27(35)36-2/h4-16,29H,3,17H2,1-2H3,(H,30,34). The number of H-pyrrole nitrogens is 1. The summed E-state index contributed by atoms with van der Waals surface area (Å²) in [7, 11) is 1.32. The van der Waals surface area contributed by atoms with Crippen molar-refractivity contribution in [3.63, 3.8) is 0 Å². The lowest BCUT2D eigenvalue weighted by Gasteiger charge is -2.11. The number of amides is 1. The van der Waals surface area contributed by atoms with E-state index < -0.39 is 5.97 Å². The van der Waals surface area contributed by atoms with E-state index in [0.29, 0.717) is 28.8 Å². The van der Waals surface area contributed by atoms with Gasteiger partial charge < -0.3 is 19.8 Å². The van der Waals surface area contributed by atoms with Crippen molar-refractivity contribution in [2.24, 2.45) is 0 Å². The second-order valence-corrected chi connectivity index (χ2v) is 9.16. The molecule has 2 N–H and O–H groups in total. The molecule has 0 unspecified atom stereocenters. The zero-order valence-electron chi connectivity index (χ0n) is 20.8. The van der Waals surface area contributed by atoms with E-state index in [0.717, 1.165) is 27.9 Å². The number of ether oxygens (including phenoxy) is 2. The van der Waals surface area contributed by atoms with E-state index in [1.807, 2.05) is 66.2 Å². The lowest BCUT2D eigenvalue weighted by molar-refractivity contribution is -0.113. The lowest BCUT2D eigenvalue weighted by Crippen LogP contribution is -2.14. The summed E-state index contributed by atoms with van der Waals surface area (Å²) >= 11 is 1.28. The Hall–Kier alpha value is -4.57. The highest BCUT2D eigenvalue weighted by Crippen LogP contribution is 2.33. The maximum absolute atomic E-state index is 12.7. The van der Waals surface area contributed by atoms with Crippen molar-refractivity contribution in [3.05, 3.63) is 84.6 Å². The average molecular weight is 528 g/mol. The van der Waals surface area contributed by atoms with Gasteiger partial charge in [0.2, 0.25) is 5.91 Å². The Labute approximate surface area is 223 Å². The topological polar surface area (TPSA) is 111 Å². The van der Waals surface area contributed by atoms with Crippen molar-refractivity contribution in [3.8, 4) is 22.8 Å². The van der Waals surface area contributed by atoms with E-state index >= 15 is 0 Å². The summed E-state index contributed by atoms with van der Waals surface area (Å²) in [6.07, 6.45) is 1.92. The fraction of sp³-hybridized carbons (Fsp3) is 0.143. The van der Waals surface area contributed by atoms with Crippen LogP contribution in [0.25, 0.3) is 28.0 Å². The molecule has 0 atom stereocenters. The summed E-state index contributed by atoms with van der Waals surface area (Å²) in [5, 5.41) is 13.4. The average Bonchev–Trinajstić information content (AvgIpc) is 3.56. The Balaban J connectivity index is 1.40. The monoisotopic (exact) mass is 527 g/mol. The van der Waals surface area contributed by atoms with Crippen LogP contribution in [0.1, 0.15) is 17.3 Å². The van der Waals surface area contributed by atoms with Crippen LogP contribution in [0.5, 0.6) is 5.75 Å². The summed E-state index contributed by atoms with van der Waals surface area (Å²) in [4.78, 5) is 27.7. The number of aromatic nitrogens is 4. The van der Waals surface area contributed by atoms with E-state index in [4.69, 9.17) is 9.47 Å². The van der Waals surface area contributed by atoms with Gasteiger partial charge in [0.15, 0.2) is 11.0 Å². The number of carbonyl (C=O) groups excluding carboxylic acids is 2. The van der Waals surface area contributed by atoms with Crippen molar-refractivity contribution >= 4 is 40.2 Å². The number of anilines is 1. The molecule has 9 nitrogen and oxygen atoms in total. The molecule has 0 bridgehead atoms. The fourth-order valence-corrected chi connectivity index (χ4v) is 4.77. The van der Waals surface area contributed by atoms with Crippen LogP contribution in [0.15, 0.2) is 84.1 Å². The molecule has 0 aliphatic heterocycles. The van der Waals surface area contributed by atoms with Gasteiger partial charge >= 0.3 is 5.97 Å². The van der Waals surface area contributed by atoms with Crippen molar-refractivity contribution in [2.45, 2.75) is 12.1 Å². The van der Waals surface area contributed by atoms with Crippen molar-refractivity contribution in [2.75, 3.05) is 24.8 Å². The van der Waals surface area contributed by atoms with E-state index in [1.54, 1.807) is 24.3 Å². The van der Waals surface area contributed by atoms with Crippen LogP contribution in [0.3, 0.4) is 0 Å². The first-order valence-electron chi connectivity index (χ1n) is 11.9. The number of esters is 1. The Bertz CT molecular complexity index is 1580. The largest absolute Gasteiger partial charge is 0.494 e. The lowest BCUT2D eigenvalue weighted by atomic mass is 10.1. The number of fused-ring (bicyclic) bond motifs is 1. The molecule has 10 heteroatoms. The zero-order chi connectivity index (χ0) is 26.5. The maximum Gasteiger partial charge on any atom is 0.337 e. The van der Waals surface area contributed by atoms with Crippen molar-refractivity contribution in [1.82, 2.24) is 19.7 Å². The molecule has 0 aliphatic carbocycles. The van der Waals surface area contributed by atoms with Crippen LogP contribution in [-0.4, -0.2) is 51.1 Å². The van der Waals surface area contributed by atoms with Gasteiger partial charge in [0.1, 0.15) is 5.75 Å². The number of carbonyl (C=O) groups is 2. The molecular formula is C28H25N5O4S. The van der Waals surface area contributed by atoms with Crippen LogP contribution in [0, 0.1) is 0 Å². The van der Waals surface area contributed by atoms with Gasteiger partial charge in [-0.2, -0.15) is 0 Å². The highest BCUT2D eigenvalue weighted by atomic mass is 32.2. The Morgan fingerprint density at radius 3 is 2.50 bits per heavy atom. The summed E-state index contributed by atoms with van der Waals surface area (Å²) < 4.78 is 12.3. The number of hydrogen-bond acceptors (Lipinski definition) is 7. The van der Waals surface area contributed by atoms with Gasteiger partial charge in [0, 0.05) is 34.0 Å². The number of nitrogens with zero attached hydrogens (tertiary/aromatic N) is 3. The molecule has 0 aliphatic rings. The summed E-state index contributed by atoms with van der Waals surface area (Å²) in [6.45, 7) is 2.52. The molecule has 2 heterocycles. The molecule has 192 valence electrons. The van der Waals surface area contributed by atoms with Crippen LogP contribution < -0.4 is 10.1 Å². The Morgan fingerprint density at radius 2 is 1.76 bits per heavy atom. The van der Waals surface area contributed by atoms with E-state index in [1.165, 1.54) is 18.9 Å². The molecular weight excluding hydrogens is 502 g/mol. The molecule has 38 heavy (non-hydrogen) atoms. The van der Waals surface area contributed by atoms with Crippen LogP contribution >= 0.6 is 11.8 Å². The van der Waals surface area contributed by atoms with Gasteiger partial charge in [-0.25, -0.2) is 4.79 Å². The quantitative estimate of drug-likeness (QED) is 0.197. The van der Waals surface area contributed by atoms with Crippen LogP contribution in [0.2, 0.25) is 0 Å². The fourth-order valence-electron chi connectivity index (χ4n) is 4.02. The highest BCUT2D eigenvalue weighted by Gasteiger charge is 2.20. The molecule has 0 radical (unpaired) electrons. The van der Waals surface area contributed by atoms with Gasteiger partial charge in [0.05, 0.1) is 25.0 Å². The summed E-state index contributed by atoms with van der Waals surface area (Å²) in [5.74, 6) is 0.897. The molecule has 0 fully saturated rings. The predicted molar refractivity (Wildman–Crippen MR) is 147 cm³/mol. The van der Waals surface area contributed by atoms with Gasteiger partial charge in [-0.05, 0) is 61.5 Å². The summed E-state index contributed by atoms with van der Waals surface area (Å²) in [5.41, 5.74) is 3.74. The molecule has 5 aromatic rings. The van der Waals surface area contributed by atoms with Gasteiger partial charge in [-0.15, -0.1) is 10.2 Å². The molecule has 2 aromatic heterocycles. The third-order valence-corrected chi connectivity index (χ3v) is 6.72. The molecule has 3 aromatic carbocycles. The minimum absolute atomic E-state index is 0.113. The second-order valence-electron chi connectivity index (χ2n) is 8.22. The maximum atomic E-state index is 12.7. The third kappa shape index (κ3) is 5.25. The number of benzene rings is 3. The number of methoxy groups -OCH3 is 1. The minimum atomic E-state index is -0.432. The van der Waals surface area contributed by atoms with E-state index in [2.05, 4.69) is 20.5 Å². The molecule has 1 amide bonds. The van der Waals surface area contributed by atoms with Crippen molar-refractivity contribution < 1.29 is 19.1 Å². The van der Waals surface area contributed by atoms with E-state index in [9.17, 15) is 9.59 Å². The van der Waals surface area contributed by atoms with Gasteiger partial charge in [0.25, 0.3) is 0 Å². The van der Waals surface area contributed by atoms with Crippen LogP contribution in [-0.2, 0) is 9.53 Å². The van der Waals surface area contributed by atoms with Crippen LogP contribution in [0.4, 0.5) is 5.69 Å². The molecule has 0 saturated carbocycles. The first kappa shape index (κ1) is 25.1. The number of para-hydroxylation sites is 1. The smallest absolute Gasteiger partial charge is 0.337 e. The number of thioether (sulfide) groups is 1. The Kier molecular flexibility index (Phi) is 7.41. The molecule has 0 spiro atoms. The SMILES string of the molecule is CCOc1ccc(-n2c(SCC(=O)Nc3ccc(C(=O)OC)cc3)nnc2-c2c[nH]c3ccccc23)cc1. The van der Waals surface area contributed by atoms with E-state index in [-0.39, 0.29) is 11.7 Å². The number of nitrogens with one attached hydrogen (secondary N) is 2.